The lowest BCUT2D eigenvalue weighted by molar-refractivity contribution is -0.144. The summed E-state index contributed by atoms with van der Waals surface area (Å²) in [7, 11) is 0. The van der Waals surface area contributed by atoms with Gasteiger partial charge in [0, 0.05) is 11.1 Å². The summed E-state index contributed by atoms with van der Waals surface area (Å²) in [5.74, 6) is 0.248. The van der Waals surface area contributed by atoms with Crippen LogP contribution in [0.5, 0.6) is 0 Å². The molecule has 1 fully saturated rings. The predicted molar refractivity (Wildman–Crippen MR) is 67.4 cm³/mol. The molecule has 1 amide bonds. The van der Waals surface area contributed by atoms with Crippen molar-refractivity contribution in [2.24, 2.45) is 0 Å². The molecule has 1 heterocycles. The van der Waals surface area contributed by atoms with E-state index in [1.807, 2.05) is 4.90 Å². The molecule has 1 aliphatic heterocycles. The first-order chi connectivity index (χ1) is 7.14. The topological polar surface area (TPSA) is 32.3 Å². The van der Waals surface area contributed by atoms with E-state index < -0.39 is 0 Å². The number of carbonyl (C=O) groups excluding carboxylic acids is 1. The molecule has 1 rings (SSSR count). The van der Waals surface area contributed by atoms with Gasteiger partial charge in [-0.3, -0.25) is 4.79 Å². The first kappa shape index (κ1) is 13.5. The van der Waals surface area contributed by atoms with Gasteiger partial charge in [-0.05, 0) is 60.9 Å². The van der Waals surface area contributed by atoms with Crippen molar-refractivity contribution in [1.82, 2.24) is 10.2 Å². The maximum Gasteiger partial charge on any atom is 0.240 e. The lowest BCUT2D eigenvalue weighted by atomic mass is 9.94. The van der Waals surface area contributed by atoms with Gasteiger partial charge in [0.25, 0.3) is 0 Å². The smallest absolute Gasteiger partial charge is 0.240 e. The zero-order chi connectivity index (χ0) is 12.6. The van der Waals surface area contributed by atoms with Crippen molar-refractivity contribution in [3.63, 3.8) is 0 Å². The Hall–Kier alpha value is -0.570. The minimum absolute atomic E-state index is 0.0263. The number of rotatable bonds is 1. The van der Waals surface area contributed by atoms with Crippen LogP contribution in [0.15, 0.2) is 0 Å². The van der Waals surface area contributed by atoms with Crippen LogP contribution >= 0.6 is 0 Å². The second kappa shape index (κ2) is 4.36. The summed E-state index contributed by atoms with van der Waals surface area (Å²) in [4.78, 5) is 14.5. The SMILES string of the molecule is CC(C)(C)N(C(=O)[C@H]1CCCN1)C(C)(C)C. The van der Waals surface area contributed by atoms with E-state index >= 15 is 0 Å². The molecule has 1 aliphatic rings. The average molecular weight is 226 g/mol. The second-order valence-corrected chi connectivity index (χ2v) is 6.66. The van der Waals surface area contributed by atoms with E-state index in [-0.39, 0.29) is 23.0 Å². The molecule has 0 bridgehead atoms. The molecule has 94 valence electrons. The van der Waals surface area contributed by atoms with Crippen LogP contribution in [0, 0.1) is 0 Å². The third-order valence-corrected chi connectivity index (χ3v) is 2.92. The largest absolute Gasteiger partial charge is 0.332 e. The molecule has 0 aromatic carbocycles. The summed E-state index contributed by atoms with van der Waals surface area (Å²) in [6.45, 7) is 13.6. The van der Waals surface area contributed by atoms with Crippen molar-refractivity contribution in [2.75, 3.05) is 6.54 Å². The molecule has 0 aliphatic carbocycles. The van der Waals surface area contributed by atoms with Crippen molar-refractivity contribution < 1.29 is 4.79 Å². The van der Waals surface area contributed by atoms with E-state index in [9.17, 15) is 4.79 Å². The molecule has 1 atom stereocenters. The highest BCUT2D eigenvalue weighted by Crippen LogP contribution is 2.27. The van der Waals surface area contributed by atoms with Crippen molar-refractivity contribution in [3.05, 3.63) is 0 Å². The van der Waals surface area contributed by atoms with E-state index in [1.54, 1.807) is 0 Å². The van der Waals surface area contributed by atoms with E-state index in [2.05, 4.69) is 46.9 Å². The van der Waals surface area contributed by atoms with E-state index in [1.165, 1.54) is 0 Å². The summed E-state index contributed by atoms with van der Waals surface area (Å²) in [5.41, 5.74) is -0.251. The quantitative estimate of drug-likeness (QED) is 0.743. The number of hydrogen-bond donors (Lipinski definition) is 1. The third-order valence-electron chi connectivity index (χ3n) is 2.92. The fourth-order valence-corrected chi connectivity index (χ4v) is 2.72. The number of hydrogen-bond acceptors (Lipinski definition) is 2. The molecule has 0 unspecified atom stereocenters. The van der Waals surface area contributed by atoms with Crippen molar-refractivity contribution in [2.45, 2.75) is 71.5 Å². The van der Waals surface area contributed by atoms with Crippen LogP contribution in [-0.4, -0.2) is 34.5 Å². The van der Waals surface area contributed by atoms with Gasteiger partial charge in [-0.25, -0.2) is 0 Å². The monoisotopic (exact) mass is 226 g/mol. The molecule has 0 saturated carbocycles. The van der Waals surface area contributed by atoms with Gasteiger partial charge in [-0.1, -0.05) is 0 Å². The first-order valence-electron chi connectivity index (χ1n) is 6.21. The first-order valence-corrected chi connectivity index (χ1v) is 6.21. The zero-order valence-corrected chi connectivity index (χ0v) is 11.6. The minimum atomic E-state index is -0.125. The van der Waals surface area contributed by atoms with Crippen LogP contribution in [0.4, 0.5) is 0 Å². The molecule has 0 aromatic heterocycles. The fraction of sp³-hybridized carbons (Fsp3) is 0.923. The molecule has 3 nitrogen and oxygen atoms in total. The van der Waals surface area contributed by atoms with Gasteiger partial charge in [-0.15, -0.1) is 0 Å². The maximum atomic E-state index is 12.5. The third kappa shape index (κ3) is 2.97. The average Bonchev–Trinajstić information content (AvgIpc) is 2.48. The second-order valence-electron chi connectivity index (χ2n) is 6.66. The zero-order valence-electron chi connectivity index (χ0n) is 11.6. The normalized spacial score (nSPS) is 22.2. The molecule has 1 N–H and O–H groups in total. The highest BCUT2D eigenvalue weighted by atomic mass is 16.2. The van der Waals surface area contributed by atoms with Gasteiger partial charge in [0.15, 0.2) is 0 Å². The molecule has 1 saturated heterocycles. The Kier molecular flexibility index (Phi) is 3.68. The standard InChI is InChI=1S/C13H26N2O/c1-12(2,3)15(13(4,5)6)11(16)10-8-7-9-14-10/h10,14H,7-9H2,1-6H3/t10-/m1/s1. The summed E-state index contributed by atoms with van der Waals surface area (Å²) >= 11 is 0. The maximum absolute atomic E-state index is 12.5. The number of amides is 1. The van der Waals surface area contributed by atoms with Crippen LogP contribution in [-0.2, 0) is 4.79 Å². The van der Waals surface area contributed by atoms with Gasteiger partial charge < -0.3 is 10.2 Å². The lowest BCUT2D eigenvalue weighted by Gasteiger charge is -2.46. The number of nitrogens with one attached hydrogen (secondary N) is 1. The molecular formula is C13H26N2O. The molecule has 3 heteroatoms. The fourth-order valence-electron chi connectivity index (χ4n) is 2.72. The van der Waals surface area contributed by atoms with Crippen LogP contribution in [0.3, 0.4) is 0 Å². The lowest BCUT2D eigenvalue weighted by Crippen LogP contribution is -2.59. The van der Waals surface area contributed by atoms with Crippen LogP contribution in [0.25, 0.3) is 0 Å². The molecular weight excluding hydrogens is 200 g/mol. The van der Waals surface area contributed by atoms with Gasteiger partial charge in [-0.2, -0.15) is 0 Å². The molecule has 16 heavy (non-hydrogen) atoms. The summed E-state index contributed by atoms with van der Waals surface area (Å²) in [6.07, 6.45) is 2.08. The van der Waals surface area contributed by atoms with E-state index in [0.29, 0.717) is 0 Å². The van der Waals surface area contributed by atoms with Crippen molar-refractivity contribution in [3.8, 4) is 0 Å². The van der Waals surface area contributed by atoms with Gasteiger partial charge in [0.05, 0.1) is 6.04 Å². The Labute approximate surface area is 99.6 Å². The van der Waals surface area contributed by atoms with Gasteiger partial charge in [0.2, 0.25) is 5.91 Å². The minimum Gasteiger partial charge on any atom is -0.332 e. The number of nitrogens with zero attached hydrogens (tertiary/aromatic N) is 1. The van der Waals surface area contributed by atoms with E-state index in [4.69, 9.17) is 0 Å². The summed E-state index contributed by atoms with van der Waals surface area (Å²) in [5, 5.41) is 3.29. The van der Waals surface area contributed by atoms with Crippen LogP contribution < -0.4 is 5.32 Å². The summed E-state index contributed by atoms with van der Waals surface area (Å²) in [6, 6.07) is 0.0263. The molecule has 0 aromatic rings. The van der Waals surface area contributed by atoms with Gasteiger partial charge >= 0.3 is 0 Å². The van der Waals surface area contributed by atoms with Crippen LogP contribution in [0.1, 0.15) is 54.4 Å². The number of carbonyl (C=O) groups is 1. The van der Waals surface area contributed by atoms with Crippen LogP contribution in [0.2, 0.25) is 0 Å². The highest BCUT2D eigenvalue weighted by molar-refractivity contribution is 5.83. The van der Waals surface area contributed by atoms with Gasteiger partial charge in [0.1, 0.15) is 0 Å². The highest BCUT2D eigenvalue weighted by Gasteiger charge is 2.39. The predicted octanol–water partition coefficient (Wildman–Crippen LogP) is 2.16. The Morgan fingerprint density at radius 3 is 1.94 bits per heavy atom. The summed E-state index contributed by atoms with van der Waals surface area (Å²) < 4.78 is 0. The molecule has 0 radical (unpaired) electrons. The Morgan fingerprint density at radius 1 is 1.12 bits per heavy atom. The van der Waals surface area contributed by atoms with Crippen molar-refractivity contribution in [1.29, 1.82) is 0 Å². The Morgan fingerprint density at radius 2 is 1.62 bits per heavy atom. The van der Waals surface area contributed by atoms with E-state index in [0.717, 1.165) is 19.4 Å². The van der Waals surface area contributed by atoms with Crippen molar-refractivity contribution >= 4 is 5.91 Å². The Bertz CT molecular complexity index is 240. The molecule has 0 spiro atoms. The Balaban J connectivity index is 2.89.